The van der Waals surface area contributed by atoms with Crippen molar-refractivity contribution in [2.75, 3.05) is 31.1 Å². The topological polar surface area (TPSA) is 50.1 Å². The second-order valence-electron chi connectivity index (χ2n) is 7.86. The van der Waals surface area contributed by atoms with Crippen molar-refractivity contribution in [3.05, 3.63) is 71.3 Å². The number of benzene rings is 2. The van der Waals surface area contributed by atoms with Gasteiger partial charge in [0.1, 0.15) is 5.82 Å². The second kappa shape index (κ2) is 8.29. The first-order valence-corrected chi connectivity index (χ1v) is 10.1. The number of aryl methyl sites for hydroxylation is 1. The Morgan fingerprint density at radius 3 is 2.28 bits per heavy atom. The molecule has 6 nitrogen and oxygen atoms in total. The van der Waals surface area contributed by atoms with Gasteiger partial charge in [0, 0.05) is 26.2 Å². The number of hydrogen-bond donors (Lipinski definition) is 0. The van der Waals surface area contributed by atoms with Crippen LogP contribution in [0.15, 0.2) is 48.5 Å². The maximum atomic E-state index is 14.2. The average molecular weight is 394 g/mol. The van der Waals surface area contributed by atoms with Crippen molar-refractivity contribution in [2.45, 2.75) is 32.9 Å². The van der Waals surface area contributed by atoms with Crippen LogP contribution in [0.5, 0.6) is 0 Å². The van der Waals surface area contributed by atoms with Gasteiger partial charge in [-0.2, -0.15) is 0 Å². The number of para-hydroxylation sites is 1. The van der Waals surface area contributed by atoms with Crippen LogP contribution in [0.1, 0.15) is 42.9 Å². The predicted octanol–water partition coefficient (Wildman–Crippen LogP) is 3.61. The molecule has 0 radical (unpaired) electrons. The molecular formula is C22H27FN6. The molecule has 0 saturated carbocycles. The van der Waals surface area contributed by atoms with Gasteiger partial charge in [-0.15, -0.1) is 5.10 Å². The summed E-state index contributed by atoms with van der Waals surface area (Å²) in [5, 5.41) is 12.6. The maximum absolute atomic E-state index is 14.2. The van der Waals surface area contributed by atoms with E-state index in [1.165, 1.54) is 17.2 Å². The summed E-state index contributed by atoms with van der Waals surface area (Å²) in [4.78, 5) is 4.51. The van der Waals surface area contributed by atoms with Crippen LogP contribution in [-0.4, -0.2) is 51.3 Å². The second-order valence-corrected chi connectivity index (χ2v) is 7.86. The number of hydrogen-bond acceptors (Lipinski definition) is 5. The monoisotopic (exact) mass is 394 g/mol. The molecule has 1 fully saturated rings. The number of tetrazole rings is 1. The Morgan fingerprint density at radius 1 is 0.931 bits per heavy atom. The first-order valence-electron chi connectivity index (χ1n) is 10.1. The molecule has 152 valence electrons. The summed E-state index contributed by atoms with van der Waals surface area (Å²) in [6.07, 6.45) is 0. The van der Waals surface area contributed by atoms with Crippen LogP contribution < -0.4 is 4.90 Å². The van der Waals surface area contributed by atoms with Crippen molar-refractivity contribution in [3.63, 3.8) is 0 Å². The van der Waals surface area contributed by atoms with Gasteiger partial charge in [0.25, 0.3) is 0 Å². The lowest BCUT2D eigenvalue weighted by atomic mass is 10.0. The van der Waals surface area contributed by atoms with E-state index in [0.29, 0.717) is 5.69 Å². The quantitative estimate of drug-likeness (QED) is 0.662. The fourth-order valence-corrected chi connectivity index (χ4v) is 3.95. The first-order chi connectivity index (χ1) is 14.0. The van der Waals surface area contributed by atoms with Crippen LogP contribution in [0.25, 0.3) is 0 Å². The van der Waals surface area contributed by atoms with Crippen LogP contribution in [0, 0.1) is 12.7 Å². The molecular weight excluding hydrogens is 367 g/mol. The number of piperazine rings is 1. The molecule has 1 unspecified atom stereocenters. The SMILES string of the molecule is Cc1ccc(C(c2nnnn2C(C)C)N2CCN(c3ccccc3F)CC2)cc1. The van der Waals surface area contributed by atoms with Crippen molar-refractivity contribution in [1.82, 2.24) is 25.1 Å². The Labute approximate surface area is 170 Å². The third-order valence-corrected chi connectivity index (χ3v) is 5.52. The highest BCUT2D eigenvalue weighted by atomic mass is 19.1. The van der Waals surface area contributed by atoms with Gasteiger partial charge in [-0.25, -0.2) is 9.07 Å². The fraction of sp³-hybridized carbons (Fsp3) is 0.409. The van der Waals surface area contributed by atoms with E-state index in [2.05, 4.69) is 70.4 Å². The minimum atomic E-state index is -0.167. The van der Waals surface area contributed by atoms with Crippen LogP contribution in [0.2, 0.25) is 0 Å². The molecule has 29 heavy (non-hydrogen) atoms. The lowest BCUT2D eigenvalue weighted by Gasteiger charge is -2.40. The molecule has 7 heteroatoms. The van der Waals surface area contributed by atoms with Gasteiger partial charge >= 0.3 is 0 Å². The molecule has 2 aromatic carbocycles. The van der Waals surface area contributed by atoms with E-state index in [9.17, 15) is 4.39 Å². The summed E-state index contributed by atoms with van der Waals surface area (Å²) in [5.41, 5.74) is 3.07. The maximum Gasteiger partial charge on any atom is 0.173 e. The molecule has 3 aromatic rings. The summed E-state index contributed by atoms with van der Waals surface area (Å²) in [6, 6.07) is 15.7. The van der Waals surface area contributed by atoms with Gasteiger partial charge in [-0.05, 0) is 48.9 Å². The number of halogens is 1. The summed E-state index contributed by atoms with van der Waals surface area (Å²) in [7, 11) is 0. The van der Waals surface area contributed by atoms with Crippen LogP contribution in [0.4, 0.5) is 10.1 Å². The van der Waals surface area contributed by atoms with Gasteiger partial charge in [0.05, 0.1) is 17.8 Å². The first kappa shape index (κ1) is 19.5. The molecule has 0 aliphatic carbocycles. The Kier molecular flexibility index (Phi) is 5.58. The van der Waals surface area contributed by atoms with Crippen LogP contribution >= 0.6 is 0 Å². The molecule has 0 N–H and O–H groups in total. The molecule has 1 atom stereocenters. The van der Waals surface area contributed by atoms with Crippen molar-refractivity contribution in [2.24, 2.45) is 0 Å². The van der Waals surface area contributed by atoms with Crippen molar-refractivity contribution >= 4 is 5.69 Å². The summed E-state index contributed by atoms with van der Waals surface area (Å²) in [5.74, 6) is 0.683. The smallest absolute Gasteiger partial charge is 0.173 e. The summed E-state index contributed by atoms with van der Waals surface area (Å²) in [6.45, 7) is 9.38. The number of aromatic nitrogens is 4. The van der Waals surface area contributed by atoms with Gasteiger partial charge in [-0.1, -0.05) is 42.0 Å². The van der Waals surface area contributed by atoms with Crippen molar-refractivity contribution < 1.29 is 4.39 Å². The number of rotatable bonds is 5. The fourth-order valence-electron chi connectivity index (χ4n) is 3.95. The normalized spacial score (nSPS) is 16.4. The van der Waals surface area contributed by atoms with E-state index >= 15 is 0 Å². The zero-order chi connectivity index (χ0) is 20.4. The lowest BCUT2D eigenvalue weighted by molar-refractivity contribution is 0.198. The van der Waals surface area contributed by atoms with Crippen LogP contribution in [-0.2, 0) is 0 Å². The van der Waals surface area contributed by atoms with E-state index in [1.807, 2.05) is 16.8 Å². The highest BCUT2D eigenvalue weighted by molar-refractivity contribution is 5.48. The van der Waals surface area contributed by atoms with Crippen molar-refractivity contribution in [1.29, 1.82) is 0 Å². The van der Waals surface area contributed by atoms with E-state index in [-0.39, 0.29) is 17.9 Å². The molecule has 0 amide bonds. The Morgan fingerprint density at radius 2 is 1.62 bits per heavy atom. The van der Waals surface area contributed by atoms with E-state index in [4.69, 9.17) is 0 Å². The summed E-state index contributed by atoms with van der Waals surface area (Å²) >= 11 is 0. The zero-order valence-corrected chi connectivity index (χ0v) is 17.2. The highest BCUT2D eigenvalue weighted by Crippen LogP contribution is 2.30. The number of nitrogens with zero attached hydrogens (tertiary/aromatic N) is 6. The van der Waals surface area contributed by atoms with Gasteiger partial charge in [0.2, 0.25) is 0 Å². The third-order valence-electron chi connectivity index (χ3n) is 5.52. The largest absolute Gasteiger partial charge is 0.367 e. The molecule has 0 bridgehead atoms. The predicted molar refractivity (Wildman–Crippen MR) is 111 cm³/mol. The molecule has 0 spiro atoms. The number of anilines is 1. The average Bonchev–Trinajstić information content (AvgIpc) is 3.20. The van der Waals surface area contributed by atoms with E-state index < -0.39 is 0 Å². The molecule has 1 aliphatic heterocycles. The minimum absolute atomic E-state index is 0.0317. The third kappa shape index (κ3) is 4.00. The lowest BCUT2D eigenvalue weighted by Crippen LogP contribution is -2.48. The van der Waals surface area contributed by atoms with Gasteiger partial charge < -0.3 is 4.90 Å². The Bertz CT molecular complexity index is 944. The minimum Gasteiger partial charge on any atom is -0.367 e. The van der Waals surface area contributed by atoms with Gasteiger partial charge in [-0.3, -0.25) is 4.90 Å². The van der Waals surface area contributed by atoms with Gasteiger partial charge in [0.15, 0.2) is 5.82 Å². The Hall–Kier alpha value is -2.80. The molecule has 1 aromatic heterocycles. The zero-order valence-electron chi connectivity index (χ0n) is 17.2. The van der Waals surface area contributed by atoms with E-state index in [1.54, 1.807) is 6.07 Å². The molecule has 1 saturated heterocycles. The standard InChI is InChI=1S/C22H27FN6/c1-16(2)29-22(24-25-26-29)21(18-10-8-17(3)9-11-18)28-14-12-27(13-15-28)20-7-5-4-6-19(20)23/h4-11,16,21H,12-15H2,1-3H3. The summed E-state index contributed by atoms with van der Waals surface area (Å²) < 4.78 is 16.1. The van der Waals surface area contributed by atoms with Crippen LogP contribution in [0.3, 0.4) is 0 Å². The molecule has 1 aliphatic rings. The highest BCUT2D eigenvalue weighted by Gasteiger charge is 2.31. The van der Waals surface area contributed by atoms with E-state index in [0.717, 1.165) is 32.0 Å². The molecule has 2 heterocycles. The van der Waals surface area contributed by atoms with Crippen molar-refractivity contribution in [3.8, 4) is 0 Å². The molecule has 4 rings (SSSR count). The Balaban J connectivity index is 1.62.